The molecule has 1 aliphatic heterocycles. The van der Waals surface area contributed by atoms with Crippen LogP contribution in [0.3, 0.4) is 0 Å². The molecule has 4 heteroatoms. The van der Waals surface area contributed by atoms with Gasteiger partial charge in [0.1, 0.15) is 0 Å². The summed E-state index contributed by atoms with van der Waals surface area (Å²) in [4.78, 5) is 23.4. The Hall–Kier alpha value is -1.84. The molecule has 0 bridgehead atoms. The number of aliphatic carboxylic acids is 1. The van der Waals surface area contributed by atoms with Gasteiger partial charge in [-0.2, -0.15) is 0 Å². The third kappa shape index (κ3) is 3.13. The topological polar surface area (TPSA) is 57.6 Å². The Morgan fingerprint density at radius 1 is 1.21 bits per heavy atom. The lowest BCUT2D eigenvalue weighted by atomic mass is 9.89. The third-order valence-corrected chi connectivity index (χ3v) is 3.82. The van der Waals surface area contributed by atoms with Crippen molar-refractivity contribution < 1.29 is 14.7 Å². The second-order valence-corrected chi connectivity index (χ2v) is 4.97. The quantitative estimate of drug-likeness (QED) is 0.829. The van der Waals surface area contributed by atoms with Crippen LogP contribution >= 0.6 is 0 Å². The average molecular weight is 261 g/mol. The smallest absolute Gasteiger partial charge is 0.394 e. The largest absolute Gasteiger partial charge is 0.474 e. The van der Waals surface area contributed by atoms with Gasteiger partial charge in [0.2, 0.25) is 0 Å². The van der Waals surface area contributed by atoms with Gasteiger partial charge in [0.05, 0.1) is 0 Å². The van der Waals surface area contributed by atoms with E-state index in [4.69, 9.17) is 5.11 Å². The summed E-state index contributed by atoms with van der Waals surface area (Å²) in [6, 6.07) is 8.59. The van der Waals surface area contributed by atoms with Crippen LogP contribution in [-0.2, 0) is 16.0 Å². The molecule has 0 aliphatic carbocycles. The van der Waals surface area contributed by atoms with E-state index in [1.54, 1.807) is 0 Å². The van der Waals surface area contributed by atoms with Gasteiger partial charge in [0.15, 0.2) is 0 Å². The van der Waals surface area contributed by atoms with E-state index in [-0.39, 0.29) is 0 Å². The first kappa shape index (κ1) is 13.6. The van der Waals surface area contributed by atoms with Crippen molar-refractivity contribution in [2.75, 3.05) is 13.1 Å². The van der Waals surface area contributed by atoms with E-state index in [9.17, 15) is 9.59 Å². The van der Waals surface area contributed by atoms with Gasteiger partial charge < -0.3 is 10.0 Å². The Morgan fingerprint density at radius 3 is 2.26 bits per heavy atom. The monoisotopic (exact) mass is 261 g/mol. The van der Waals surface area contributed by atoms with Gasteiger partial charge in [-0.1, -0.05) is 31.2 Å². The highest BCUT2D eigenvalue weighted by Gasteiger charge is 2.27. The van der Waals surface area contributed by atoms with Crippen LogP contribution in [0.15, 0.2) is 24.3 Å². The van der Waals surface area contributed by atoms with Gasteiger partial charge in [-0.3, -0.25) is 4.79 Å². The van der Waals surface area contributed by atoms with E-state index in [0.717, 1.165) is 19.3 Å². The second kappa shape index (κ2) is 5.87. The van der Waals surface area contributed by atoms with E-state index in [1.165, 1.54) is 16.0 Å². The van der Waals surface area contributed by atoms with Crippen LogP contribution in [0.2, 0.25) is 0 Å². The molecule has 102 valence electrons. The van der Waals surface area contributed by atoms with Gasteiger partial charge in [-0.25, -0.2) is 4.79 Å². The number of carbonyl (C=O) groups is 2. The minimum absolute atomic E-state index is 0.434. The molecule has 1 aliphatic rings. The number of hydrogen-bond acceptors (Lipinski definition) is 2. The Labute approximate surface area is 113 Å². The number of piperidine rings is 1. The lowest BCUT2D eigenvalue weighted by Gasteiger charge is -2.31. The molecular formula is C15H19NO3. The molecule has 0 unspecified atom stereocenters. The number of carboxylic acid groups (broad SMARTS) is 1. The molecule has 1 fully saturated rings. The molecule has 0 spiro atoms. The molecule has 1 aromatic carbocycles. The maximum Gasteiger partial charge on any atom is 0.394 e. The lowest BCUT2D eigenvalue weighted by molar-refractivity contribution is -0.156. The predicted molar refractivity (Wildman–Crippen MR) is 72.0 cm³/mol. The molecule has 1 N–H and O–H groups in total. The summed E-state index contributed by atoms with van der Waals surface area (Å²) in [5, 5.41) is 8.68. The number of carboxylic acids is 1. The number of benzene rings is 1. The van der Waals surface area contributed by atoms with Crippen molar-refractivity contribution in [2.24, 2.45) is 0 Å². The zero-order valence-corrected chi connectivity index (χ0v) is 11.1. The summed E-state index contributed by atoms with van der Waals surface area (Å²) < 4.78 is 0. The first-order chi connectivity index (χ1) is 9.11. The maximum absolute atomic E-state index is 11.4. The molecule has 1 heterocycles. The normalized spacial score (nSPS) is 16.4. The molecule has 1 aromatic rings. The number of carbonyl (C=O) groups excluding carboxylic acids is 1. The average Bonchev–Trinajstić information content (AvgIpc) is 2.46. The Balaban J connectivity index is 1.95. The summed E-state index contributed by atoms with van der Waals surface area (Å²) in [5.74, 6) is -1.70. The molecule has 19 heavy (non-hydrogen) atoms. The fourth-order valence-electron chi connectivity index (χ4n) is 2.58. The van der Waals surface area contributed by atoms with Crippen LogP contribution in [0.25, 0.3) is 0 Å². The van der Waals surface area contributed by atoms with Gasteiger partial charge in [-0.05, 0) is 36.3 Å². The Bertz CT molecular complexity index is 459. The standard InChI is InChI=1S/C15H19NO3/c1-2-11-3-5-12(6-4-11)13-7-9-16(10-8-13)14(17)15(18)19/h3-6,13H,2,7-10H2,1H3,(H,18,19). The molecule has 1 saturated heterocycles. The molecule has 0 aromatic heterocycles. The second-order valence-electron chi connectivity index (χ2n) is 4.97. The minimum Gasteiger partial charge on any atom is -0.474 e. The van der Waals surface area contributed by atoms with E-state index in [2.05, 4.69) is 31.2 Å². The predicted octanol–water partition coefficient (Wildman–Crippen LogP) is 2.04. The van der Waals surface area contributed by atoms with Crippen molar-refractivity contribution in [3.8, 4) is 0 Å². The van der Waals surface area contributed by atoms with E-state index >= 15 is 0 Å². The summed E-state index contributed by atoms with van der Waals surface area (Å²) in [5.41, 5.74) is 2.61. The van der Waals surface area contributed by atoms with E-state index in [1.807, 2.05) is 0 Å². The van der Waals surface area contributed by atoms with Gasteiger partial charge >= 0.3 is 11.9 Å². The Morgan fingerprint density at radius 2 is 1.79 bits per heavy atom. The SMILES string of the molecule is CCc1ccc(C2CCN(C(=O)C(=O)O)CC2)cc1. The van der Waals surface area contributed by atoms with Gasteiger partial charge in [0, 0.05) is 13.1 Å². The molecule has 4 nitrogen and oxygen atoms in total. The molecule has 2 rings (SSSR count). The first-order valence-corrected chi connectivity index (χ1v) is 6.73. The van der Waals surface area contributed by atoms with Crippen LogP contribution in [0, 0.1) is 0 Å². The maximum atomic E-state index is 11.4. The van der Waals surface area contributed by atoms with Crippen molar-refractivity contribution >= 4 is 11.9 Å². The van der Waals surface area contributed by atoms with E-state index in [0.29, 0.717) is 19.0 Å². The van der Waals surface area contributed by atoms with Crippen molar-refractivity contribution in [1.82, 2.24) is 4.90 Å². The number of amides is 1. The number of nitrogens with zero attached hydrogens (tertiary/aromatic N) is 1. The highest BCUT2D eigenvalue weighted by atomic mass is 16.4. The molecule has 1 amide bonds. The number of aryl methyl sites for hydroxylation is 1. The molecule has 0 saturated carbocycles. The van der Waals surface area contributed by atoms with Crippen LogP contribution in [0.4, 0.5) is 0 Å². The summed E-state index contributed by atoms with van der Waals surface area (Å²) in [6.07, 6.45) is 2.71. The highest BCUT2D eigenvalue weighted by molar-refractivity contribution is 6.31. The highest BCUT2D eigenvalue weighted by Crippen LogP contribution is 2.28. The number of likely N-dealkylation sites (tertiary alicyclic amines) is 1. The minimum atomic E-state index is -1.36. The zero-order chi connectivity index (χ0) is 13.8. The summed E-state index contributed by atoms with van der Waals surface area (Å²) >= 11 is 0. The summed E-state index contributed by atoms with van der Waals surface area (Å²) in [7, 11) is 0. The van der Waals surface area contributed by atoms with Crippen molar-refractivity contribution in [1.29, 1.82) is 0 Å². The zero-order valence-electron chi connectivity index (χ0n) is 11.1. The van der Waals surface area contributed by atoms with Crippen molar-refractivity contribution in [2.45, 2.75) is 32.1 Å². The lowest BCUT2D eigenvalue weighted by Crippen LogP contribution is -2.41. The fourth-order valence-corrected chi connectivity index (χ4v) is 2.58. The molecule has 0 atom stereocenters. The molecular weight excluding hydrogens is 242 g/mol. The summed E-state index contributed by atoms with van der Waals surface area (Å²) in [6.45, 7) is 3.20. The van der Waals surface area contributed by atoms with Crippen molar-refractivity contribution in [3.63, 3.8) is 0 Å². The Kier molecular flexibility index (Phi) is 4.20. The fraction of sp³-hybridized carbons (Fsp3) is 0.467. The van der Waals surface area contributed by atoms with Gasteiger partial charge in [-0.15, -0.1) is 0 Å². The molecule has 0 radical (unpaired) electrons. The third-order valence-electron chi connectivity index (χ3n) is 3.82. The van der Waals surface area contributed by atoms with Crippen molar-refractivity contribution in [3.05, 3.63) is 35.4 Å². The van der Waals surface area contributed by atoms with Crippen LogP contribution in [0.5, 0.6) is 0 Å². The van der Waals surface area contributed by atoms with Crippen LogP contribution < -0.4 is 0 Å². The van der Waals surface area contributed by atoms with E-state index < -0.39 is 11.9 Å². The van der Waals surface area contributed by atoms with Crippen LogP contribution in [-0.4, -0.2) is 35.0 Å². The first-order valence-electron chi connectivity index (χ1n) is 6.73. The van der Waals surface area contributed by atoms with Crippen LogP contribution in [0.1, 0.15) is 36.8 Å². The number of hydrogen-bond donors (Lipinski definition) is 1. The van der Waals surface area contributed by atoms with Gasteiger partial charge in [0.25, 0.3) is 0 Å². The number of rotatable bonds is 2.